The quantitative estimate of drug-likeness (QED) is 0.652. The number of carbonyl (C=O) groups excluding carboxylic acids is 1. The molecule has 0 aliphatic heterocycles. The summed E-state index contributed by atoms with van der Waals surface area (Å²) in [5.41, 5.74) is -0.327. The van der Waals surface area contributed by atoms with Gasteiger partial charge in [-0.05, 0) is 38.7 Å². The molecule has 0 aromatic heterocycles. The van der Waals surface area contributed by atoms with Crippen LogP contribution in [0.2, 0.25) is 0 Å². The van der Waals surface area contributed by atoms with Gasteiger partial charge in [-0.1, -0.05) is 6.92 Å². The Balaban J connectivity index is 4.26. The molecule has 1 atom stereocenters. The molecule has 0 saturated heterocycles. The first kappa shape index (κ1) is 16.1. The smallest absolute Gasteiger partial charge is 0.326 e. The molecule has 6 heteroatoms. The Morgan fingerprint density at radius 3 is 2.41 bits per heavy atom. The Labute approximate surface area is 107 Å². The molecule has 0 rings (SSSR count). The molecular weight excluding hydrogens is 240 g/mol. The number of urea groups is 1. The molecule has 3 N–H and O–H groups in total. The Bertz CT molecular complexity index is 269. The van der Waals surface area contributed by atoms with Gasteiger partial charge in [-0.2, -0.15) is 11.8 Å². The highest BCUT2D eigenvalue weighted by atomic mass is 32.2. The van der Waals surface area contributed by atoms with E-state index < -0.39 is 18.0 Å². The van der Waals surface area contributed by atoms with Crippen molar-refractivity contribution < 1.29 is 14.7 Å². The third-order valence-corrected chi connectivity index (χ3v) is 3.19. The molecule has 0 aromatic carbocycles. The van der Waals surface area contributed by atoms with E-state index >= 15 is 0 Å². The average molecular weight is 262 g/mol. The predicted molar refractivity (Wildman–Crippen MR) is 70.5 cm³/mol. The van der Waals surface area contributed by atoms with Gasteiger partial charge in [-0.3, -0.25) is 0 Å². The number of thioether (sulfide) groups is 1. The van der Waals surface area contributed by atoms with Crippen LogP contribution in [0, 0.1) is 0 Å². The zero-order chi connectivity index (χ0) is 13.5. The van der Waals surface area contributed by atoms with Gasteiger partial charge in [0.15, 0.2) is 0 Å². The maximum atomic E-state index is 11.6. The molecular formula is C11H22N2O3S. The van der Waals surface area contributed by atoms with Crippen LogP contribution < -0.4 is 10.6 Å². The van der Waals surface area contributed by atoms with Crippen molar-refractivity contribution in [1.29, 1.82) is 0 Å². The van der Waals surface area contributed by atoms with E-state index in [4.69, 9.17) is 5.11 Å². The van der Waals surface area contributed by atoms with Gasteiger partial charge < -0.3 is 15.7 Å². The lowest BCUT2D eigenvalue weighted by Crippen LogP contribution is -2.52. The Morgan fingerprint density at radius 2 is 2.00 bits per heavy atom. The van der Waals surface area contributed by atoms with E-state index in [9.17, 15) is 9.59 Å². The van der Waals surface area contributed by atoms with Crippen LogP contribution in [-0.4, -0.2) is 40.7 Å². The molecule has 17 heavy (non-hydrogen) atoms. The van der Waals surface area contributed by atoms with Crippen molar-refractivity contribution in [2.24, 2.45) is 0 Å². The molecule has 0 aromatic rings. The topological polar surface area (TPSA) is 78.4 Å². The van der Waals surface area contributed by atoms with Crippen LogP contribution in [0.3, 0.4) is 0 Å². The first-order valence-corrected chi connectivity index (χ1v) is 7.02. The van der Waals surface area contributed by atoms with Gasteiger partial charge in [0.2, 0.25) is 0 Å². The van der Waals surface area contributed by atoms with Crippen molar-refractivity contribution in [3.8, 4) is 0 Å². The molecule has 0 saturated carbocycles. The summed E-state index contributed by atoms with van der Waals surface area (Å²) in [7, 11) is 0. The highest BCUT2D eigenvalue weighted by Gasteiger charge is 2.23. The average Bonchev–Trinajstić information content (AvgIpc) is 2.23. The molecule has 0 heterocycles. The SMILES string of the molecule is CCC(C)(C)NC(=O)N[C@H](CCSC)C(=O)O. The molecule has 0 aliphatic carbocycles. The fraction of sp³-hybridized carbons (Fsp3) is 0.818. The van der Waals surface area contributed by atoms with Crippen LogP contribution in [0.1, 0.15) is 33.6 Å². The Kier molecular flexibility index (Phi) is 7.03. The van der Waals surface area contributed by atoms with Crippen molar-refractivity contribution in [1.82, 2.24) is 10.6 Å². The summed E-state index contributed by atoms with van der Waals surface area (Å²) in [6, 6.07) is -1.25. The summed E-state index contributed by atoms with van der Waals surface area (Å²) in [5, 5.41) is 14.2. The summed E-state index contributed by atoms with van der Waals surface area (Å²) in [5.74, 6) is -0.294. The monoisotopic (exact) mass is 262 g/mol. The molecule has 0 unspecified atom stereocenters. The van der Waals surface area contributed by atoms with E-state index in [1.807, 2.05) is 27.0 Å². The second kappa shape index (κ2) is 7.42. The number of nitrogens with one attached hydrogen (secondary N) is 2. The second-order valence-electron chi connectivity index (χ2n) is 4.51. The summed E-state index contributed by atoms with van der Waals surface area (Å²) < 4.78 is 0. The number of carbonyl (C=O) groups is 2. The van der Waals surface area contributed by atoms with E-state index in [-0.39, 0.29) is 5.54 Å². The zero-order valence-corrected chi connectivity index (χ0v) is 11.7. The molecule has 0 fully saturated rings. The van der Waals surface area contributed by atoms with Crippen molar-refractivity contribution in [2.75, 3.05) is 12.0 Å². The van der Waals surface area contributed by atoms with Crippen molar-refractivity contribution in [3.63, 3.8) is 0 Å². The first-order chi connectivity index (χ1) is 7.82. The number of amides is 2. The largest absolute Gasteiger partial charge is 0.480 e. The molecule has 0 bridgehead atoms. The van der Waals surface area contributed by atoms with Crippen LogP contribution in [0.4, 0.5) is 4.79 Å². The number of aliphatic carboxylic acids is 1. The lowest BCUT2D eigenvalue weighted by Gasteiger charge is -2.25. The minimum atomic E-state index is -0.997. The number of carboxylic acid groups (broad SMARTS) is 1. The van der Waals surface area contributed by atoms with E-state index in [1.54, 1.807) is 11.8 Å². The zero-order valence-electron chi connectivity index (χ0n) is 10.9. The van der Waals surface area contributed by atoms with Crippen LogP contribution >= 0.6 is 11.8 Å². The van der Waals surface area contributed by atoms with Crippen molar-refractivity contribution in [3.05, 3.63) is 0 Å². The number of carboxylic acids is 1. The van der Waals surface area contributed by atoms with Crippen LogP contribution in [-0.2, 0) is 4.79 Å². The molecule has 0 radical (unpaired) electrons. The van der Waals surface area contributed by atoms with E-state index in [2.05, 4.69) is 10.6 Å². The van der Waals surface area contributed by atoms with Gasteiger partial charge in [0.25, 0.3) is 0 Å². The third-order valence-electron chi connectivity index (χ3n) is 2.55. The Hall–Kier alpha value is -0.910. The van der Waals surface area contributed by atoms with Crippen LogP contribution in [0.25, 0.3) is 0 Å². The predicted octanol–water partition coefficient (Wildman–Crippen LogP) is 1.68. The molecule has 0 aliphatic rings. The highest BCUT2D eigenvalue weighted by molar-refractivity contribution is 7.98. The van der Waals surface area contributed by atoms with Gasteiger partial charge in [-0.15, -0.1) is 0 Å². The lowest BCUT2D eigenvalue weighted by molar-refractivity contribution is -0.139. The lowest BCUT2D eigenvalue weighted by atomic mass is 10.0. The number of hydrogen-bond donors (Lipinski definition) is 3. The maximum absolute atomic E-state index is 11.6. The normalized spacial score (nSPS) is 12.9. The third kappa shape index (κ3) is 7.10. The summed E-state index contributed by atoms with van der Waals surface area (Å²) in [6.07, 6.45) is 3.11. The molecule has 2 amide bonds. The van der Waals surface area contributed by atoms with Gasteiger partial charge >= 0.3 is 12.0 Å². The van der Waals surface area contributed by atoms with Crippen molar-refractivity contribution >= 4 is 23.8 Å². The van der Waals surface area contributed by atoms with Crippen LogP contribution in [0.15, 0.2) is 0 Å². The molecule has 100 valence electrons. The van der Waals surface area contributed by atoms with E-state index in [1.165, 1.54) is 0 Å². The van der Waals surface area contributed by atoms with E-state index in [0.29, 0.717) is 12.2 Å². The molecule has 0 spiro atoms. The van der Waals surface area contributed by atoms with Gasteiger partial charge in [0.05, 0.1) is 0 Å². The minimum absolute atomic E-state index is 0.327. The second-order valence-corrected chi connectivity index (χ2v) is 5.49. The van der Waals surface area contributed by atoms with Crippen LogP contribution in [0.5, 0.6) is 0 Å². The standard InChI is InChI=1S/C11H22N2O3S/c1-5-11(2,3)13-10(16)12-8(9(14)15)6-7-17-4/h8H,5-7H2,1-4H3,(H,14,15)(H2,12,13,16)/t8-/m1/s1. The summed E-state index contributed by atoms with van der Waals surface area (Å²) in [4.78, 5) is 22.5. The van der Waals surface area contributed by atoms with Gasteiger partial charge in [-0.25, -0.2) is 9.59 Å². The van der Waals surface area contributed by atoms with Crippen molar-refractivity contribution in [2.45, 2.75) is 45.2 Å². The van der Waals surface area contributed by atoms with Gasteiger partial charge in [0.1, 0.15) is 6.04 Å². The number of hydrogen-bond acceptors (Lipinski definition) is 3. The fourth-order valence-corrected chi connectivity index (χ4v) is 1.55. The first-order valence-electron chi connectivity index (χ1n) is 5.63. The molecule has 5 nitrogen and oxygen atoms in total. The minimum Gasteiger partial charge on any atom is -0.480 e. The fourth-order valence-electron chi connectivity index (χ4n) is 1.08. The maximum Gasteiger partial charge on any atom is 0.326 e. The Morgan fingerprint density at radius 1 is 1.41 bits per heavy atom. The van der Waals surface area contributed by atoms with E-state index in [0.717, 1.165) is 6.42 Å². The highest BCUT2D eigenvalue weighted by Crippen LogP contribution is 2.07. The summed E-state index contributed by atoms with van der Waals surface area (Å²) >= 11 is 1.56. The summed E-state index contributed by atoms with van der Waals surface area (Å²) in [6.45, 7) is 5.75. The van der Waals surface area contributed by atoms with Gasteiger partial charge in [0, 0.05) is 5.54 Å². The number of rotatable bonds is 7.